The zero-order valence-corrected chi connectivity index (χ0v) is 18.0. The van der Waals surface area contributed by atoms with Crippen LogP contribution in [0.4, 0.5) is 5.69 Å². The van der Waals surface area contributed by atoms with Gasteiger partial charge in [0.05, 0.1) is 18.7 Å². The number of rotatable bonds is 3. The molecule has 0 aliphatic carbocycles. The molecule has 4 rings (SSSR count). The molecular formula is C22H26N2O4S. The molecule has 1 aromatic heterocycles. The van der Waals surface area contributed by atoms with Crippen molar-refractivity contribution in [2.24, 2.45) is 5.41 Å². The number of hydrogen-bond donors (Lipinski definition) is 1. The number of aromatic carboxylic acids is 1. The van der Waals surface area contributed by atoms with Crippen LogP contribution in [0.3, 0.4) is 0 Å². The Bertz CT molecular complexity index is 1030. The van der Waals surface area contributed by atoms with Gasteiger partial charge >= 0.3 is 5.97 Å². The highest BCUT2D eigenvalue weighted by Gasteiger charge is 2.37. The number of hydrogen-bond acceptors (Lipinski definition) is 5. The van der Waals surface area contributed by atoms with Gasteiger partial charge in [-0.15, -0.1) is 11.8 Å². The van der Waals surface area contributed by atoms with Gasteiger partial charge in [-0.3, -0.25) is 4.79 Å². The van der Waals surface area contributed by atoms with Gasteiger partial charge in [0.25, 0.3) is 0 Å². The minimum atomic E-state index is -1.18. The van der Waals surface area contributed by atoms with Crippen molar-refractivity contribution in [2.75, 3.05) is 30.2 Å². The summed E-state index contributed by atoms with van der Waals surface area (Å²) in [5.41, 5.74) is 2.72. The first-order chi connectivity index (χ1) is 13.7. The summed E-state index contributed by atoms with van der Waals surface area (Å²) in [6.45, 7) is 7.19. The third-order valence-corrected chi connectivity index (χ3v) is 6.80. The van der Waals surface area contributed by atoms with E-state index in [1.54, 1.807) is 25.1 Å². The van der Waals surface area contributed by atoms with Crippen molar-refractivity contribution in [3.05, 3.63) is 45.7 Å². The number of pyridine rings is 1. The summed E-state index contributed by atoms with van der Waals surface area (Å²) in [6, 6.07) is 6.01. The van der Waals surface area contributed by atoms with Crippen LogP contribution < -0.4 is 15.1 Å². The molecule has 0 bridgehead atoms. The number of carboxylic acids is 1. The van der Waals surface area contributed by atoms with Crippen LogP contribution in [0.25, 0.3) is 11.3 Å². The molecule has 1 unspecified atom stereocenters. The maximum Gasteiger partial charge on any atom is 0.341 e. The summed E-state index contributed by atoms with van der Waals surface area (Å²) in [5, 5.41) is 9.74. The minimum Gasteiger partial charge on any atom is -0.497 e. The Hall–Kier alpha value is -2.41. The maximum absolute atomic E-state index is 13.3. The Kier molecular flexibility index (Phi) is 4.89. The normalized spacial score (nSPS) is 18.3. The van der Waals surface area contributed by atoms with Gasteiger partial charge in [0, 0.05) is 30.1 Å². The highest BCUT2D eigenvalue weighted by Crippen LogP contribution is 2.46. The van der Waals surface area contributed by atoms with Crippen molar-refractivity contribution < 1.29 is 14.6 Å². The van der Waals surface area contributed by atoms with Crippen molar-refractivity contribution in [1.29, 1.82) is 0 Å². The van der Waals surface area contributed by atoms with Gasteiger partial charge in [0.15, 0.2) is 0 Å². The predicted molar refractivity (Wildman–Crippen MR) is 117 cm³/mol. The molecule has 0 saturated carbocycles. The molecule has 6 nitrogen and oxygen atoms in total. The van der Waals surface area contributed by atoms with E-state index in [-0.39, 0.29) is 17.0 Å². The Morgan fingerprint density at radius 3 is 2.66 bits per heavy atom. The standard InChI is InChI=1S/C22H26N2O4S/c1-22(2,3)17-9-13-5-6-14(28-4)10-15(13)18-19(23-7-8-29-12-23)20(25)16(21(26)27)11-24(17)18/h5-6,10-11,17H,7-9,12H2,1-4H3,(H,26,27). The lowest BCUT2D eigenvalue weighted by Crippen LogP contribution is -2.36. The molecule has 29 heavy (non-hydrogen) atoms. The van der Waals surface area contributed by atoms with Gasteiger partial charge in [-0.2, -0.15) is 0 Å². The van der Waals surface area contributed by atoms with Gasteiger partial charge in [-0.1, -0.05) is 26.8 Å². The van der Waals surface area contributed by atoms with E-state index in [1.807, 2.05) is 21.6 Å². The van der Waals surface area contributed by atoms with Crippen LogP contribution in [0, 0.1) is 5.41 Å². The fraction of sp³-hybridized carbons (Fsp3) is 0.455. The van der Waals surface area contributed by atoms with Crippen LogP contribution >= 0.6 is 11.8 Å². The van der Waals surface area contributed by atoms with E-state index in [0.717, 1.165) is 41.3 Å². The number of thioether (sulfide) groups is 1. The first-order valence-corrected chi connectivity index (χ1v) is 10.9. The van der Waals surface area contributed by atoms with E-state index in [1.165, 1.54) is 0 Å². The maximum atomic E-state index is 13.3. The molecule has 0 radical (unpaired) electrons. The topological polar surface area (TPSA) is 71.8 Å². The van der Waals surface area contributed by atoms with Crippen molar-refractivity contribution in [3.63, 3.8) is 0 Å². The van der Waals surface area contributed by atoms with Gasteiger partial charge in [0.1, 0.15) is 17.0 Å². The van der Waals surface area contributed by atoms with Crippen LogP contribution in [-0.4, -0.2) is 40.9 Å². The highest BCUT2D eigenvalue weighted by atomic mass is 32.2. The first kappa shape index (κ1) is 19.9. The van der Waals surface area contributed by atoms with Gasteiger partial charge in [-0.25, -0.2) is 4.79 Å². The molecule has 1 aromatic carbocycles. The smallest absolute Gasteiger partial charge is 0.341 e. The lowest BCUT2D eigenvalue weighted by Gasteiger charge is -2.40. The molecule has 1 fully saturated rings. The molecular weight excluding hydrogens is 388 g/mol. The molecule has 7 heteroatoms. The number of fused-ring (bicyclic) bond motifs is 3. The molecule has 0 amide bonds. The third-order valence-electron chi connectivity index (χ3n) is 5.83. The molecule has 2 aliphatic rings. The average molecular weight is 415 g/mol. The summed E-state index contributed by atoms with van der Waals surface area (Å²) in [7, 11) is 1.63. The van der Waals surface area contributed by atoms with E-state index >= 15 is 0 Å². The second-order valence-corrected chi connectivity index (χ2v) is 9.77. The lowest BCUT2D eigenvalue weighted by atomic mass is 9.78. The predicted octanol–water partition coefficient (Wildman–Crippen LogP) is 3.88. The molecule has 1 N–H and O–H groups in total. The molecule has 1 saturated heterocycles. The van der Waals surface area contributed by atoms with Gasteiger partial charge < -0.3 is 19.3 Å². The van der Waals surface area contributed by atoms with Crippen LogP contribution in [0.15, 0.2) is 29.2 Å². The molecule has 1 atom stereocenters. The molecule has 2 aliphatic heterocycles. The van der Waals surface area contributed by atoms with Crippen molar-refractivity contribution in [2.45, 2.75) is 33.2 Å². The summed E-state index contributed by atoms with van der Waals surface area (Å²) < 4.78 is 7.48. The lowest BCUT2D eigenvalue weighted by molar-refractivity contribution is 0.0693. The van der Waals surface area contributed by atoms with Crippen molar-refractivity contribution in [1.82, 2.24) is 4.57 Å². The minimum absolute atomic E-state index is 0.0334. The molecule has 154 valence electrons. The number of methoxy groups -OCH3 is 1. The van der Waals surface area contributed by atoms with Crippen molar-refractivity contribution >= 4 is 23.4 Å². The SMILES string of the molecule is COc1ccc2c(c1)-c1c(N3CCSC3)c(=O)c(C(=O)O)cn1C(C(C)(C)C)C2. The summed E-state index contributed by atoms with van der Waals surface area (Å²) in [5.74, 6) is 1.15. The largest absolute Gasteiger partial charge is 0.497 e. The van der Waals surface area contributed by atoms with E-state index in [2.05, 4.69) is 26.8 Å². The number of carboxylic acid groups (broad SMARTS) is 1. The quantitative estimate of drug-likeness (QED) is 0.822. The fourth-order valence-corrected chi connectivity index (χ4v) is 5.24. The number of nitrogens with zero attached hydrogens (tertiary/aromatic N) is 2. The average Bonchev–Trinajstić information content (AvgIpc) is 3.19. The van der Waals surface area contributed by atoms with E-state index in [9.17, 15) is 14.7 Å². The Balaban J connectivity index is 2.10. The second-order valence-electron chi connectivity index (χ2n) is 8.69. The van der Waals surface area contributed by atoms with Gasteiger partial charge in [-0.05, 0) is 29.5 Å². The van der Waals surface area contributed by atoms with E-state index in [4.69, 9.17) is 4.74 Å². The summed E-state index contributed by atoms with van der Waals surface area (Å²) in [6.07, 6.45) is 2.32. The monoisotopic (exact) mass is 414 g/mol. The molecule has 2 aromatic rings. The van der Waals surface area contributed by atoms with Crippen LogP contribution in [0.2, 0.25) is 0 Å². The number of benzene rings is 1. The number of ether oxygens (including phenoxy) is 1. The zero-order valence-electron chi connectivity index (χ0n) is 17.2. The van der Waals surface area contributed by atoms with Crippen LogP contribution in [-0.2, 0) is 6.42 Å². The fourth-order valence-electron chi connectivity index (χ4n) is 4.28. The zero-order chi connectivity index (χ0) is 20.9. The van der Waals surface area contributed by atoms with E-state index in [0.29, 0.717) is 11.6 Å². The summed E-state index contributed by atoms with van der Waals surface area (Å²) >= 11 is 1.75. The second kappa shape index (κ2) is 7.13. The van der Waals surface area contributed by atoms with Crippen LogP contribution in [0.5, 0.6) is 5.75 Å². The number of aromatic nitrogens is 1. The Morgan fingerprint density at radius 1 is 1.31 bits per heavy atom. The first-order valence-electron chi connectivity index (χ1n) is 9.74. The highest BCUT2D eigenvalue weighted by molar-refractivity contribution is 7.99. The number of anilines is 1. The van der Waals surface area contributed by atoms with Gasteiger partial charge in [0.2, 0.25) is 5.43 Å². The third kappa shape index (κ3) is 3.31. The molecule has 3 heterocycles. The number of carbonyl (C=O) groups is 1. The summed E-state index contributed by atoms with van der Waals surface area (Å²) in [4.78, 5) is 27.3. The molecule has 0 spiro atoms. The Morgan fingerprint density at radius 2 is 2.07 bits per heavy atom. The van der Waals surface area contributed by atoms with Crippen molar-refractivity contribution in [3.8, 4) is 17.0 Å². The Labute approximate surface area is 174 Å². The van der Waals surface area contributed by atoms with E-state index < -0.39 is 11.4 Å². The van der Waals surface area contributed by atoms with Crippen LogP contribution in [0.1, 0.15) is 42.7 Å².